The molecule has 0 aromatic rings. The zero-order valence-electron chi connectivity index (χ0n) is 6.54. The van der Waals surface area contributed by atoms with Gasteiger partial charge < -0.3 is 5.43 Å². The highest BCUT2D eigenvalue weighted by Crippen LogP contribution is 2.03. The third-order valence-corrected chi connectivity index (χ3v) is 1.59. The highest BCUT2D eigenvalue weighted by Gasteiger charge is 2.09. The number of hydrazine groups is 1. The molecule has 0 saturated carbocycles. The lowest BCUT2D eigenvalue weighted by molar-refractivity contribution is 0.286. The highest BCUT2D eigenvalue weighted by atomic mass is 15.5. The molecule has 0 saturated heterocycles. The van der Waals surface area contributed by atoms with Gasteiger partial charge in [0.1, 0.15) is 0 Å². The lowest BCUT2D eigenvalue weighted by atomic mass is 10.2. The Labute approximate surface area is 62.2 Å². The summed E-state index contributed by atoms with van der Waals surface area (Å²) >= 11 is 0. The molecule has 1 heterocycles. The molecule has 2 heteroatoms. The number of likely N-dealkylation sites (N-methyl/N-ethyl adjacent to an activating group) is 1. The van der Waals surface area contributed by atoms with Crippen LogP contribution in [0.5, 0.6) is 0 Å². The molecule has 0 aliphatic carbocycles. The van der Waals surface area contributed by atoms with Crippen LogP contribution in [0.2, 0.25) is 0 Å². The predicted octanol–water partition coefficient (Wildman–Crippen LogP) is 1.28. The fourth-order valence-electron chi connectivity index (χ4n) is 0.943. The third kappa shape index (κ3) is 1.61. The maximum absolute atomic E-state index is 3.08. The second kappa shape index (κ2) is 3.42. The summed E-state index contributed by atoms with van der Waals surface area (Å²) in [6.45, 7) is 2.14. The summed E-state index contributed by atoms with van der Waals surface area (Å²) in [7, 11) is 2.03. The molecule has 1 unspecified atom stereocenters. The van der Waals surface area contributed by atoms with Crippen molar-refractivity contribution in [1.82, 2.24) is 10.4 Å². The Morgan fingerprint density at radius 2 is 2.50 bits per heavy atom. The van der Waals surface area contributed by atoms with Crippen LogP contribution >= 0.6 is 0 Å². The summed E-state index contributed by atoms with van der Waals surface area (Å²) in [5.41, 5.74) is 3.08. The van der Waals surface area contributed by atoms with E-state index in [-0.39, 0.29) is 0 Å². The topological polar surface area (TPSA) is 15.3 Å². The summed E-state index contributed by atoms with van der Waals surface area (Å²) in [5, 5.41) is 2.06. The fraction of sp³-hybridized carbons (Fsp3) is 0.500. The smallest absolute Gasteiger partial charge is 0.0665 e. The van der Waals surface area contributed by atoms with E-state index in [2.05, 4.69) is 35.6 Å². The lowest BCUT2D eigenvalue weighted by Gasteiger charge is -2.14. The molecule has 0 aromatic carbocycles. The Hall–Kier alpha value is -0.760. The van der Waals surface area contributed by atoms with E-state index in [0.717, 1.165) is 6.42 Å². The van der Waals surface area contributed by atoms with Crippen molar-refractivity contribution in [3.05, 3.63) is 24.4 Å². The van der Waals surface area contributed by atoms with Crippen LogP contribution in [0.4, 0.5) is 0 Å². The van der Waals surface area contributed by atoms with Crippen molar-refractivity contribution in [2.24, 2.45) is 0 Å². The van der Waals surface area contributed by atoms with E-state index in [4.69, 9.17) is 0 Å². The first-order valence-corrected chi connectivity index (χ1v) is 3.67. The first-order valence-electron chi connectivity index (χ1n) is 3.67. The monoisotopic (exact) mass is 138 g/mol. The molecule has 10 heavy (non-hydrogen) atoms. The normalized spacial score (nSPS) is 26.0. The summed E-state index contributed by atoms with van der Waals surface area (Å²) in [6.07, 6.45) is 9.57. The molecule has 1 atom stereocenters. The van der Waals surface area contributed by atoms with Crippen molar-refractivity contribution in [2.45, 2.75) is 19.4 Å². The van der Waals surface area contributed by atoms with Crippen LogP contribution in [0.1, 0.15) is 13.3 Å². The van der Waals surface area contributed by atoms with Gasteiger partial charge in [0.25, 0.3) is 0 Å². The Kier molecular flexibility index (Phi) is 2.51. The number of nitrogens with one attached hydrogen (secondary N) is 1. The Bertz CT molecular complexity index is 149. The molecule has 1 aliphatic rings. The third-order valence-electron chi connectivity index (χ3n) is 1.59. The fourth-order valence-corrected chi connectivity index (χ4v) is 0.943. The summed E-state index contributed by atoms with van der Waals surface area (Å²) in [6, 6.07) is 0.444. The van der Waals surface area contributed by atoms with Gasteiger partial charge in [-0.25, -0.2) is 5.01 Å². The van der Waals surface area contributed by atoms with Crippen molar-refractivity contribution in [3.8, 4) is 0 Å². The molecule has 0 fully saturated rings. The van der Waals surface area contributed by atoms with Crippen molar-refractivity contribution in [1.29, 1.82) is 0 Å². The zero-order chi connectivity index (χ0) is 7.40. The SMILES string of the molecule is CC/C=C\C1C=CNN1C. The minimum atomic E-state index is 0.444. The highest BCUT2D eigenvalue weighted by molar-refractivity contribution is 5.08. The number of hydrogen-bond donors (Lipinski definition) is 1. The van der Waals surface area contributed by atoms with Crippen LogP contribution in [0.15, 0.2) is 24.4 Å². The molecule has 0 amide bonds. The Balaban J connectivity index is 2.40. The van der Waals surface area contributed by atoms with Gasteiger partial charge in [0.15, 0.2) is 0 Å². The molecule has 2 nitrogen and oxygen atoms in total. The Morgan fingerprint density at radius 3 is 3.00 bits per heavy atom. The lowest BCUT2D eigenvalue weighted by Crippen LogP contribution is -2.31. The molecule has 1 aliphatic heterocycles. The summed E-state index contributed by atoms with van der Waals surface area (Å²) in [4.78, 5) is 0. The van der Waals surface area contributed by atoms with Crippen molar-refractivity contribution in [3.63, 3.8) is 0 Å². The van der Waals surface area contributed by atoms with Crippen molar-refractivity contribution >= 4 is 0 Å². The second-order valence-electron chi connectivity index (χ2n) is 2.43. The van der Waals surface area contributed by atoms with Crippen LogP contribution in [-0.2, 0) is 0 Å². The van der Waals surface area contributed by atoms with E-state index >= 15 is 0 Å². The van der Waals surface area contributed by atoms with Gasteiger partial charge in [-0.3, -0.25) is 0 Å². The largest absolute Gasteiger partial charge is 0.326 e. The molecule has 0 spiro atoms. The minimum Gasteiger partial charge on any atom is -0.326 e. The minimum absolute atomic E-state index is 0.444. The first-order chi connectivity index (χ1) is 4.84. The molecule has 1 rings (SSSR count). The van der Waals surface area contributed by atoms with Crippen LogP contribution < -0.4 is 5.43 Å². The van der Waals surface area contributed by atoms with E-state index in [1.54, 1.807) is 0 Å². The van der Waals surface area contributed by atoms with Crippen LogP contribution in [-0.4, -0.2) is 18.1 Å². The van der Waals surface area contributed by atoms with E-state index in [9.17, 15) is 0 Å². The van der Waals surface area contributed by atoms with Crippen LogP contribution in [0.3, 0.4) is 0 Å². The van der Waals surface area contributed by atoms with E-state index in [1.807, 2.05) is 13.2 Å². The quantitative estimate of drug-likeness (QED) is 0.578. The molecule has 0 bridgehead atoms. The molecule has 0 radical (unpaired) electrons. The summed E-state index contributed by atoms with van der Waals surface area (Å²) < 4.78 is 0. The van der Waals surface area contributed by atoms with Gasteiger partial charge in [-0.2, -0.15) is 0 Å². The van der Waals surface area contributed by atoms with Gasteiger partial charge in [0, 0.05) is 13.2 Å². The van der Waals surface area contributed by atoms with Gasteiger partial charge >= 0.3 is 0 Å². The number of nitrogens with zero attached hydrogens (tertiary/aromatic N) is 1. The summed E-state index contributed by atoms with van der Waals surface area (Å²) in [5.74, 6) is 0. The molecule has 56 valence electrons. The zero-order valence-corrected chi connectivity index (χ0v) is 6.54. The predicted molar refractivity (Wildman–Crippen MR) is 43.3 cm³/mol. The number of rotatable bonds is 2. The first kappa shape index (κ1) is 7.35. The molecular weight excluding hydrogens is 124 g/mol. The van der Waals surface area contributed by atoms with E-state index in [1.165, 1.54) is 0 Å². The molecule has 1 N–H and O–H groups in total. The average Bonchev–Trinajstić information content (AvgIpc) is 2.31. The van der Waals surface area contributed by atoms with Gasteiger partial charge in [-0.15, -0.1) is 0 Å². The van der Waals surface area contributed by atoms with E-state index < -0.39 is 0 Å². The van der Waals surface area contributed by atoms with Crippen molar-refractivity contribution < 1.29 is 0 Å². The standard InChI is InChI=1S/C8H14N2/c1-3-4-5-8-6-7-9-10(8)2/h4-9H,3H2,1-2H3/b5-4-. The van der Waals surface area contributed by atoms with Gasteiger partial charge in [0.2, 0.25) is 0 Å². The average molecular weight is 138 g/mol. The maximum atomic E-state index is 3.08. The second-order valence-corrected chi connectivity index (χ2v) is 2.43. The van der Waals surface area contributed by atoms with Gasteiger partial charge in [0.05, 0.1) is 6.04 Å². The van der Waals surface area contributed by atoms with Gasteiger partial charge in [-0.05, 0) is 12.5 Å². The maximum Gasteiger partial charge on any atom is 0.0665 e. The van der Waals surface area contributed by atoms with Crippen LogP contribution in [0, 0.1) is 0 Å². The van der Waals surface area contributed by atoms with Gasteiger partial charge in [-0.1, -0.05) is 19.1 Å². The van der Waals surface area contributed by atoms with Crippen LogP contribution in [0.25, 0.3) is 0 Å². The molecule has 0 aromatic heterocycles. The number of hydrogen-bond acceptors (Lipinski definition) is 2. The number of allylic oxidation sites excluding steroid dienone is 1. The molecular formula is C8H14N2. The van der Waals surface area contributed by atoms with E-state index in [0.29, 0.717) is 6.04 Å². The van der Waals surface area contributed by atoms with Crippen molar-refractivity contribution in [2.75, 3.05) is 7.05 Å². The Morgan fingerprint density at radius 1 is 1.70 bits per heavy atom.